The maximum Gasteiger partial charge on any atom is 0.123 e. The molecule has 1 atom stereocenters. The number of hydrogen-bond acceptors (Lipinski definition) is 3. The van der Waals surface area contributed by atoms with Crippen molar-refractivity contribution >= 4 is 0 Å². The topological polar surface area (TPSA) is 39.9 Å². The SMILES string of the molecule is Cc1cc(-c2nn(-c3ccc(F)cc3)c3c2COC(C)C3)cc(C)n1. The van der Waals surface area contributed by atoms with Gasteiger partial charge in [-0.25, -0.2) is 9.07 Å². The van der Waals surface area contributed by atoms with Crippen LogP contribution >= 0.6 is 0 Å². The predicted molar refractivity (Wildman–Crippen MR) is 94.2 cm³/mol. The molecule has 5 heteroatoms. The van der Waals surface area contributed by atoms with Crippen molar-refractivity contribution in [3.05, 3.63) is 64.9 Å². The highest BCUT2D eigenvalue weighted by molar-refractivity contribution is 5.66. The van der Waals surface area contributed by atoms with Gasteiger partial charge in [0.1, 0.15) is 5.82 Å². The van der Waals surface area contributed by atoms with Gasteiger partial charge in [-0.3, -0.25) is 4.98 Å². The lowest BCUT2D eigenvalue weighted by molar-refractivity contribution is 0.0401. The van der Waals surface area contributed by atoms with Gasteiger partial charge in [-0.15, -0.1) is 0 Å². The van der Waals surface area contributed by atoms with Gasteiger partial charge in [0, 0.05) is 28.9 Å². The summed E-state index contributed by atoms with van der Waals surface area (Å²) in [6.07, 6.45) is 0.917. The van der Waals surface area contributed by atoms with E-state index in [0.29, 0.717) is 6.61 Å². The van der Waals surface area contributed by atoms with Gasteiger partial charge in [-0.05, 0) is 57.2 Å². The minimum atomic E-state index is -0.248. The Hall–Kier alpha value is -2.53. The molecular formula is C20H20FN3O. The molecule has 1 aromatic carbocycles. The molecule has 0 bridgehead atoms. The minimum absolute atomic E-state index is 0.136. The number of halogens is 1. The van der Waals surface area contributed by atoms with Crippen molar-refractivity contribution in [3.63, 3.8) is 0 Å². The lowest BCUT2D eigenvalue weighted by Gasteiger charge is -2.21. The monoisotopic (exact) mass is 337 g/mol. The smallest absolute Gasteiger partial charge is 0.123 e. The van der Waals surface area contributed by atoms with E-state index < -0.39 is 0 Å². The molecule has 0 spiro atoms. The maximum atomic E-state index is 13.3. The zero-order valence-electron chi connectivity index (χ0n) is 14.6. The van der Waals surface area contributed by atoms with Gasteiger partial charge in [0.05, 0.1) is 29.8 Å². The van der Waals surface area contributed by atoms with E-state index in [0.717, 1.165) is 46.0 Å². The van der Waals surface area contributed by atoms with Gasteiger partial charge in [-0.2, -0.15) is 5.10 Å². The fourth-order valence-electron chi connectivity index (χ4n) is 3.40. The second-order valence-electron chi connectivity index (χ2n) is 6.63. The van der Waals surface area contributed by atoms with Crippen LogP contribution in [-0.2, 0) is 17.8 Å². The van der Waals surface area contributed by atoms with Gasteiger partial charge in [0.15, 0.2) is 0 Å². The highest BCUT2D eigenvalue weighted by Gasteiger charge is 2.26. The van der Waals surface area contributed by atoms with E-state index in [-0.39, 0.29) is 11.9 Å². The Morgan fingerprint density at radius 3 is 2.48 bits per heavy atom. The fourth-order valence-corrected chi connectivity index (χ4v) is 3.40. The zero-order valence-corrected chi connectivity index (χ0v) is 14.6. The van der Waals surface area contributed by atoms with Crippen LogP contribution in [0, 0.1) is 19.7 Å². The van der Waals surface area contributed by atoms with Crippen molar-refractivity contribution in [1.29, 1.82) is 0 Å². The molecule has 0 radical (unpaired) electrons. The lowest BCUT2D eigenvalue weighted by atomic mass is 10.0. The number of aromatic nitrogens is 3. The highest BCUT2D eigenvalue weighted by Crippen LogP contribution is 2.33. The van der Waals surface area contributed by atoms with Crippen LogP contribution in [0.25, 0.3) is 16.9 Å². The summed E-state index contributed by atoms with van der Waals surface area (Å²) < 4.78 is 21.1. The van der Waals surface area contributed by atoms with Crippen LogP contribution in [-0.4, -0.2) is 20.9 Å². The number of rotatable bonds is 2. The highest BCUT2D eigenvalue weighted by atomic mass is 19.1. The van der Waals surface area contributed by atoms with Gasteiger partial charge < -0.3 is 4.74 Å². The molecule has 1 aliphatic rings. The Morgan fingerprint density at radius 1 is 1.12 bits per heavy atom. The molecule has 128 valence electrons. The largest absolute Gasteiger partial charge is 0.373 e. The first kappa shape index (κ1) is 16.0. The molecule has 0 amide bonds. The van der Waals surface area contributed by atoms with Crippen molar-refractivity contribution in [1.82, 2.24) is 14.8 Å². The molecule has 4 rings (SSSR count). The van der Waals surface area contributed by atoms with E-state index in [2.05, 4.69) is 11.9 Å². The second kappa shape index (κ2) is 6.08. The van der Waals surface area contributed by atoms with E-state index >= 15 is 0 Å². The lowest BCUT2D eigenvalue weighted by Crippen LogP contribution is -2.20. The first-order valence-electron chi connectivity index (χ1n) is 8.45. The molecule has 0 saturated carbocycles. The molecule has 25 heavy (non-hydrogen) atoms. The predicted octanol–water partition coefficient (Wildman–Crippen LogP) is 4.15. The zero-order chi connectivity index (χ0) is 17.6. The van der Waals surface area contributed by atoms with Crippen molar-refractivity contribution in [3.8, 4) is 16.9 Å². The van der Waals surface area contributed by atoms with Gasteiger partial charge in [0.25, 0.3) is 0 Å². The number of aryl methyl sites for hydroxylation is 2. The number of ether oxygens (including phenoxy) is 1. The summed E-state index contributed by atoms with van der Waals surface area (Å²) in [4.78, 5) is 4.45. The summed E-state index contributed by atoms with van der Waals surface area (Å²) in [5.74, 6) is -0.248. The Bertz CT molecular complexity index is 911. The van der Waals surface area contributed by atoms with Gasteiger partial charge in [0.2, 0.25) is 0 Å². The van der Waals surface area contributed by atoms with E-state index in [4.69, 9.17) is 9.84 Å². The summed E-state index contributed by atoms with van der Waals surface area (Å²) >= 11 is 0. The van der Waals surface area contributed by atoms with E-state index in [9.17, 15) is 4.39 Å². The molecule has 1 unspecified atom stereocenters. The molecular weight excluding hydrogens is 317 g/mol. The normalized spacial score (nSPS) is 16.7. The van der Waals surface area contributed by atoms with Crippen LogP contribution in [0.15, 0.2) is 36.4 Å². The molecule has 0 fully saturated rings. The van der Waals surface area contributed by atoms with Gasteiger partial charge >= 0.3 is 0 Å². The quantitative estimate of drug-likeness (QED) is 0.705. The van der Waals surface area contributed by atoms with E-state index in [1.807, 2.05) is 30.7 Å². The third kappa shape index (κ3) is 2.96. The van der Waals surface area contributed by atoms with Gasteiger partial charge in [-0.1, -0.05) is 0 Å². The molecule has 4 nitrogen and oxygen atoms in total. The molecule has 0 saturated heterocycles. The summed E-state index contributed by atoms with van der Waals surface area (Å²) in [7, 11) is 0. The number of pyridine rings is 1. The van der Waals surface area contributed by atoms with Crippen molar-refractivity contribution in [2.45, 2.75) is 39.9 Å². The standard InChI is InChI=1S/C20H20FN3O/c1-12-8-15(9-13(2)22-12)20-18-11-25-14(3)10-19(18)24(23-20)17-6-4-16(21)5-7-17/h4-9,14H,10-11H2,1-3H3. The van der Waals surface area contributed by atoms with E-state index in [1.165, 1.54) is 12.1 Å². The summed E-state index contributed by atoms with van der Waals surface area (Å²) in [5, 5.41) is 4.87. The fraction of sp³-hybridized carbons (Fsp3) is 0.300. The van der Waals surface area contributed by atoms with E-state index in [1.54, 1.807) is 12.1 Å². The van der Waals surface area contributed by atoms with Crippen LogP contribution in [0.1, 0.15) is 29.6 Å². The summed E-state index contributed by atoms with van der Waals surface area (Å²) in [6.45, 7) is 6.57. The summed E-state index contributed by atoms with van der Waals surface area (Å²) in [6, 6.07) is 10.5. The Morgan fingerprint density at radius 2 is 1.80 bits per heavy atom. The maximum absolute atomic E-state index is 13.3. The Kier molecular flexibility index (Phi) is 3.88. The van der Waals surface area contributed by atoms with Crippen molar-refractivity contribution in [2.24, 2.45) is 0 Å². The third-order valence-electron chi connectivity index (χ3n) is 4.51. The summed E-state index contributed by atoms with van der Waals surface area (Å²) in [5.41, 5.74) is 6.98. The molecule has 1 aliphatic heterocycles. The minimum Gasteiger partial charge on any atom is -0.373 e. The average Bonchev–Trinajstić information content (AvgIpc) is 2.93. The molecule has 0 N–H and O–H groups in total. The van der Waals surface area contributed by atoms with Crippen LogP contribution in [0.3, 0.4) is 0 Å². The first-order chi connectivity index (χ1) is 12.0. The number of benzene rings is 1. The number of fused-ring (bicyclic) bond motifs is 1. The van der Waals surface area contributed by atoms with Crippen LogP contribution in [0.4, 0.5) is 4.39 Å². The Balaban J connectivity index is 1.91. The number of nitrogens with zero attached hydrogens (tertiary/aromatic N) is 3. The second-order valence-corrected chi connectivity index (χ2v) is 6.63. The first-order valence-corrected chi connectivity index (χ1v) is 8.45. The molecule has 3 aromatic rings. The Labute approximate surface area is 146 Å². The van der Waals surface area contributed by atoms with Crippen molar-refractivity contribution < 1.29 is 9.13 Å². The average molecular weight is 337 g/mol. The van der Waals surface area contributed by atoms with Crippen molar-refractivity contribution in [2.75, 3.05) is 0 Å². The van der Waals surface area contributed by atoms with Crippen LogP contribution in [0.5, 0.6) is 0 Å². The third-order valence-corrected chi connectivity index (χ3v) is 4.51. The van der Waals surface area contributed by atoms with Crippen LogP contribution in [0.2, 0.25) is 0 Å². The molecule has 0 aliphatic carbocycles. The molecule has 3 heterocycles. The molecule has 2 aromatic heterocycles. The van der Waals surface area contributed by atoms with Crippen LogP contribution < -0.4 is 0 Å². The number of hydrogen-bond donors (Lipinski definition) is 0.